The maximum absolute atomic E-state index is 5.77. The van der Waals surface area contributed by atoms with E-state index in [1.807, 2.05) is 26.8 Å². The minimum atomic E-state index is 0.340. The zero-order chi connectivity index (χ0) is 12.1. The van der Waals surface area contributed by atoms with E-state index in [2.05, 4.69) is 20.8 Å². The van der Waals surface area contributed by atoms with Crippen LogP contribution in [0.25, 0.3) is 0 Å². The number of nitrogens with one attached hydrogen (secondary N) is 2. The maximum atomic E-state index is 5.77. The van der Waals surface area contributed by atoms with Gasteiger partial charge in [0.2, 0.25) is 0 Å². The fraction of sp³-hybridized carbons (Fsp3) is 0.500. The smallest absolute Gasteiger partial charge is 0.154 e. The molecule has 2 N–H and O–H groups in total. The highest BCUT2D eigenvalue weighted by Crippen LogP contribution is 2.12. The van der Waals surface area contributed by atoms with Crippen molar-refractivity contribution in [3.05, 3.63) is 16.8 Å². The van der Waals surface area contributed by atoms with E-state index in [9.17, 15) is 0 Å². The average molecular weight is 259 g/mol. The largest absolute Gasteiger partial charge is 0.376 e. The summed E-state index contributed by atoms with van der Waals surface area (Å²) in [6.07, 6.45) is 0. The first-order chi connectivity index (χ1) is 7.49. The molecule has 88 valence electrons. The van der Waals surface area contributed by atoms with Gasteiger partial charge >= 0.3 is 0 Å². The summed E-state index contributed by atoms with van der Waals surface area (Å²) in [5.74, 6) is 0.676. The summed E-state index contributed by atoms with van der Waals surface area (Å²) >= 11 is 10.9. The molecule has 0 aliphatic rings. The average Bonchev–Trinajstić information content (AvgIpc) is 2.19. The van der Waals surface area contributed by atoms with Gasteiger partial charge < -0.3 is 10.6 Å². The van der Waals surface area contributed by atoms with Gasteiger partial charge in [-0.2, -0.15) is 0 Å². The first-order valence-electron chi connectivity index (χ1n) is 5.02. The number of hydrogen-bond donors (Lipinski definition) is 2. The standard InChI is InChI=1S/C10H15ClN4S/c1-6(2)13-9(16)5-12-8-4-7(3)10(11)15-14-8/h4,6H,5H2,1-3H3,(H,12,14)(H,13,16). The fourth-order valence-electron chi connectivity index (χ4n) is 1.10. The Balaban J connectivity index is 2.48. The fourth-order valence-corrected chi connectivity index (χ4v) is 1.50. The van der Waals surface area contributed by atoms with Crippen LogP contribution in [-0.2, 0) is 0 Å². The normalized spacial score (nSPS) is 10.3. The first-order valence-corrected chi connectivity index (χ1v) is 5.80. The van der Waals surface area contributed by atoms with Gasteiger partial charge in [-0.1, -0.05) is 23.8 Å². The Hall–Kier alpha value is -0.940. The third-order valence-electron chi connectivity index (χ3n) is 1.80. The van der Waals surface area contributed by atoms with Crippen LogP contribution in [0.2, 0.25) is 5.15 Å². The number of nitrogens with zero attached hydrogens (tertiary/aromatic N) is 2. The molecule has 0 fully saturated rings. The number of halogens is 1. The molecule has 0 unspecified atom stereocenters. The Kier molecular flexibility index (Phi) is 4.89. The monoisotopic (exact) mass is 258 g/mol. The lowest BCUT2D eigenvalue weighted by Crippen LogP contribution is -2.33. The van der Waals surface area contributed by atoms with E-state index in [0.717, 1.165) is 10.6 Å². The minimum absolute atomic E-state index is 0.340. The Morgan fingerprint density at radius 1 is 1.50 bits per heavy atom. The minimum Gasteiger partial charge on any atom is -0.376 e. The van der Waals surface area contributed by atoms with Crippen LogP contribution in [0.1, 0.15) is 19.4 Å². The molecule has 0 aromatic carbocycles. The second-order valence-corrected chi connectivity index (χ2v) is 4.63. The van der Waals surface area contributed by atoms with Crippen LogP contribution in [-0.4, -0.2) is 27.8 Å². The highest BCUT2D eigenvalue weighted by molar-refractivity contribution is 7.80. The number of thiocarbonyl (C=S) groups is 1. The van der Waals surface area contributed by atoms with Crippen molar-refractivity contribution in [3.63, 3.8) is 0 Å². The van der Waals surface area contributed by atoms with E-state index in [-0.39, 0.29) is 0 Å². The molecule has 0 aliphatic heterocycles. The summed E-state index contributed by atoms with van der Waals surface area (Å²) in [6, 6.07) is 2.18. The van der Waals surface area contributed by atoms with E-state index >= 15 is 0 Å². The van der Waals surface area contributed by atoms with Gasteiger partial charge in [-0.3, -0.25) is 0 Å². The molecule has 0 saturated heterocycles. The van der Waals surface area contributed by atoms with Crippen LogP contribution >= 0.6 is 23.8 Å². The van der Waals surface area contributed by atoms with Crippen LogP contribution in [0.3, 0.4) is 0 Å². The Bertz CT molecular complexity index is 381. The molecule has 16 heavy (non-hydrogen) atoms. The number of anilines is 1. The molecule has 0 bridgehead atoms. The number of aryl methyl sites for hydroxylation is 1. The summed E-state index contributed by atoms with van der Waals surface area (Å²) in [5.41, 5.74) is 0.891. The topological polar surface area (TPSA) is 49.8 Å². The summed E-state index contributed by atoms with van der Waals surface area (Å²) in [6.45, 7) is 6.51. The molecular weight excluding hydrogens is 244 g/mol. The van der Waals surface area contributed by atoms with E-state index < -0.39 is 0 Å². The Morgan fingerprint density at radius 2 is 2.19 bits per heavy atom. The van der Waals surface area contributed by atoms with Crippen LogP contribution in [0.4, 0.5) is 5.82 Å². The van der Waals surface area contributed by atoms with Gasteiger partial charge in [0.15, 0.2) is 5.15 Å². The van der Waals surface area contributed by atoms with Crippen molar-refractivity contribution in [2.24, 2.45) is 0 Å². The molecule has 1 aromatic rings. The van der Waals surface area contributed by atoms with Crippen LogP contribution in [0, 0.1) is 6.92 Å². The van der Waals surface area contributed by atoms with Crippen molar-refractivity contribution in [1.82, 2.24) is 15.5 Å². The molecule has 1 aromatic heterocycles. The van der Waals surface area contributed by atoms with Gasteiger partial charge in [-0.05, 0) is 32.4 Å². The SMILES string of the molecule is Cc1cc(NCC(=S)NC(C)C)nnc1Cl. The highest BCUT2D eigenvalue weighted by Gasteiger charge is 2.02. The third-order valence-corrected chi connectivity index (χ3v) is 2.44. The number of rotatable bonds is 4. The van der Waals surface area contributed by atoms with Crippen molar-refractivity contribution in [2.45, 2.75) is 26.8 Å². The summed E-state index contributed by atoms with van der Waals surface area (Å²) in [7, 11) is 0. The molecule has 6 heteroatoms. The molecule has 0 aliphatic carbocycles. The summed E-state index contributed by atoms with van der Waals surface area (Å²) in [5, 5.41) is 14.4. The molecule has 1 heterocycles. The van der Waals surface area contributed by atoms with Crippen molar-refractivity contribution in [3.8, 4) is 0 Å². The zero-order valence-electron chi connectivity index (χ0n) is 9.54. The molecule has 0 saturated carbocycles. The Labute approximate surface area is 106 Å². The van der Waals surface area contributed by atoms with Crippen LogP contribution < -0.4 is 10.6 Å². The van der Waals surface area contributed by atoms with Crippen molar-refractivity contribution >= 4 is 34.6 Å². The van der Waals surface area contributed by atoms with E-state index in [1.165, 1.54) is 0 Å². The summed E-state index contributed by atoms with van der Waals surface area (Å²) in [4.78, 5) is 0.754. The lowest BCUT2D eigenvalue weighted by Gasteiger charge is -2.12. The molecule has 4 nitrogen and oxygen atoms in total. The number of hydrogen-bond acceptors (Lipinski definition) is 4. The predicted octanol–water partition coefficient (Wildman–Crippen LogP) is 2.18. The van der Waals surface area contributed by atoms with Gasteiger partial charge in [0.1, 0.15) is 5.82 Å². The molecular formula is C10H15ClN4S. The van der Waals surface area contributed by atoms with Gasteiger partial charge in [0.25, 0.3) is 0 Å². The lowest BCUT2D eigenvalue weighted by atomic mass is 10.3. The van der Waals surface area contributed by atoms with Gasteiger partial charge in [-0.15, -0.1) is 10.2 Å². The van der Waals surface area contributed by atoms with Crippen molar-refractivity contribution in [2.75, 3.05) is 11.9 Å². The molecule has 0 spiro atoms. The van der Waals surface area contributed by atoms with Crippen LogP contribution in [0.5, 0.6) is 0 Å². The van der Waals surface area contributed by atoms with Crippen LogP contribution in [0.15, 0.2) is 6.07 Å². The van der Waals surface area contributed by atoms with Gasteiger partial charge in [-0.25, -0.2) is 0 Å². The molecule has 0 radical (unpaired) electrons. The third kappa shape index (κ3) is 4.28. The number of aromatic nitrogens is 2. The van der Waals surface area contributed by atoms with Gasteiger partial charge in [0, 0.05) is 6.04 Å². The van der Waals surface area contributed by atoms with Crippen molar-refractivity contribution in [1.29, 1.82) is 0 Å². The Morgan fingerprint density at radius 3 is 2.75 bits per heavy atom. The zero-order valence-corrected chi connectivity index (χ0v) is 11.1. The summed E-state index contributed by atoms with van der Waals surface area (Å²) < 4.78 is 0. The first kappa shape index (κ1) is 13.1. The van der Waals surface area contributed by atoms with Crippen molar-refractivity contribution < 1.29 is 0 Å². The van der Waals surface area contributed by atoms with E-state index in [1.54, 1.807) is 0 Å². The second kappa shape index (κ2) is 5.96. The van der Waals surface area contributed by atoms with E-state index in [4.69, 9.17) is 23.8 Å². The predicted molar refractivity (Wildman–Crippen MR) is 71.1 cm³/mol. The second-order valence-electron chi connectivity index (χ2n) is 3.78. The quantitative estimate of drug-likeness (QED) is 0.811. The molecule has 0 atom stereocenters. The van der Waals surface area contributed by atoms with Gasteiger partial charge in [0.05, 0.1) is 11.5 Å². The maximum Gasteiger partial charge on any atom is 0.154 e. The lowest BCUT2D eigenvalue weighted by molar-refractivity contribution is 0.735. The molecule has 0 amide bonds. The van der Waals surface area contributed by atoms with E-state index in [0.29, 0.717) is 23.6 Å². The molecule has 1 rings (SSSR count). The highest BCUT2D eigenvalue weighted by atomic mass is 35.5.